The first-order valence-electron chi connectivity index (χ1n) is 10.2. The number of carboxylic acids is 1. The van der Waals surface area contributed by atoms with E-state index in [1.54, 1.807) is 23.1 Å². The van der Waals surface area contributed by atoms with E-state index in [9.17, 15) is 14.7 Å². The zero-order valence-corrected chi connectivity index (χ0v) is 19.2. The number of hydrogen-bond acceptors (Lipinski definition) is 5. The maximum absolute atomic E-state index is 13.4. The molecule has 0 saturated carbocycles. The number of amidine groups is 1. The SMILES string of the molecule is COc1ccc(C=C2SC(=Nc3ccc(C)cc3)N(c3ccc(C)cc3)C2=O)cc1C(=O)O. The Hall–Kier alpha value is -3.84. The highest BCUT2D eigenvalue weighted by Gasteiger charge is 2.34. The predicted octanol–water partition coefficient (Wildman–Crippen LogP) is 5.82. The molecule has 1 amide bonds. The monoisotopic (exact) mass is 458 g/mol. The highest BCUT2D eigenvalue weighted by Crippen LogP contribution is 2.37. The molecule has 0 atom stereocenters. The molecule has 0 bridgehead atoms. The molecule has 166 valence electrons. The van der Waals surface area contributed by atoms with E-state index in [1.165, 1.54) is 24.9 Å². The molecule has 0 spiro atoms. The van der Waals surface area contributed by atoms with Crippen molar-refractivity contribution in [1.82, 2.24) is 0 Å². The molecule has 3 aromatic rings. The number of anilines is 1. The standard InChI is InChI=1S/C26H22N2O4S/c1-16-4-9-19(10-5-16)27-26-28(20-11-6-17(2)7-12-20)24(29)23(33-26)15-18-8-13-22(32-3)21(14-18)25(30)31/h4-15H,1-3H3,(H,30,31). The Labute approximate surface area is 196 Å². The Morgan fingerprint density at radius 3 is 2.24 bits per heavy atom. The summed E-state index contributed by atoms with van der Waals surface area (Å²) in [7, 11) is 1.42. The number of amides is 1. The van der Waals surface area contributed by atoms with E-state index < -0.39 is 5.97 Å². The van der Waals surface area contributed by atoms with Crippen molar-refractivity contribution in [2.45, 2.75) is 13.8 Å². The Kier molecular flexibility index (Phi) is 6.33. The number of ether oxygens (including phenoxy) is 1. The average Bonchev–Trinajstić information content (AvgIpc) is 3.10. The van der Waals surface area contributed by atoms with Gasteiger partial charge in [0.25, 0.3) is 5.91 Å². The Morgan fingerprint density at radius 1 is 1.00 bits per heavy atom. The van der Waals surface area contributed by atoms with Crippen LogP contribution >= 0.6 is 11.8 Å². The number of carbonyl (C=O) groups excluding carboxylic acids is 1. The summed E-state index contributed by atoms with van der Waals surface area (Å²) in [5.74, 6) is -1.05. The van der Waals surface area contributed by atoms with E-state index in [2.05, 4.69) is 0 Å². The fourth-order valence-electron chi connectivity index (χ4n) is 3.33. The van der Waals surface area contributed by atoms with Crippen molar-refractivity contribution in [3.05, 3.63) is 93.9 Å². The molecule has 4 rings (SSSR count). The molecule has 6 nitrogen and oxygen atoms in total. The molecule has 3 aromatic carbocycles. The van der Waals surface area contributed by atoms with E-state index in [0.29, 0.717) is 21.3 Å². The minimum atomic E-state index is -1.10. The van der Waals surface area contributed by atoms with Crippen LogP contribution in [0.2, 0.25) is 0 Å². The molecular weight excluding hydrogens is 436 g/mol. The minimum absolute atomic E-state index is 0.0335. The number of thioether (sulfide) groups is 1. The lowest BCUT2D eigenvalue weighted by atomic mass is 10.1. The fourth-order valence-corrected chi connectivity index (χ4v) is 4.33. The number of hydrogen-bond donors (Lipinski definition) is 1. The molecule has 0 unspecified atom stereocenters. The summed E-state index contributed by atoms with van der Waals surface area (Å²) < 4.78 is 5.13. The van der Waals surface area contributed by atoms with Crippen molar-refractivity contribution < 1.29 is 19.4 Å². The van der Waals surface area contributed by atoms with Crippen LogP contribution in [-0.2, 0) is 4.79 Å². The van der Waals surface area contributed by atoms with Crippen LogP contribution < -0.4 is 9.64 Å². The van der Waals surface area contributed by atoms with Crippen LogP contribution in [0.5, 0.6) is 5.75 Å². The topological polar surface area (TPSA) is 79.2 Å². The van der Waals surface area contributed by atoms with Gasteiger partial charge in [-0.2, -0.15) is 0 Å². The number of carboxylic acid groups (broad SMARTS) is 1. The van der Waals surface area contributed by atoms with E-state index in [0.717, 1.165) is 16.8 Å². The Morgan fingerprint density at radius 2 is 1.64 bits per heavy atom. The van der Waals surface area contributed by atoms with Gasteiger partial charge in [-0.05, 0) is 73.6 Å². The number of rotatable bonds is 5. The smallest absolute Gasteiger partial charge is 0.339 e. The average molecular weight is 459 g/mol. The highest BCUT2D eigenvalue weighted by molar-refractivity contribution is 8.19. The molecule has 7 heteroatoms. The largest absolute Gasteiger partial charge is 0.496 e. The molecule has 1 N–H and O–H groups in total. The maximum Gasteiger partial charge on any atom is 0.339 e. The van der Waals surface area contributed by atoms with Gasteiger partial charge in [-0.3, -0.25) is 9.69 Å². The van der Waals surface area contributed by atoms with Crippen LogP contribution in [-0.4, -0.2) is 29.3 Å². The van der Waals surface area contributed by atoms with E-state index in [-0.39, 0.29) is 17.2 Å². The summed E-state index contributed by atoms with van der Waals surface area (Å²) >= 11 is 1.25. The van der Waals surface area contributed by atoms with Crippen LogP contribution in [0, 0.1) is 13.8 Å². The van der Waals surface area contributed by atoms with Crippen molar-refractivity contribution >= 4 is 46.3 Å². The molecule has 0 radical (unpaired) electrons. The first-order chi connectivity index (χ1) is 15.9. The molecule has 1 saturated heterocycles. The number of aryl methyl sites for hydroxylation is 2. The second kappa shape index (κ2) is 9.34. The van der Waals surface area contributed by atoms with Crippen molar-refractivity contribution in [1.29, 1.82) is 0 Å². The third-order valence-corrected chi connectivity index (χ3v) is 6.08. The highest BCUT2D eigenvalue weighted by atomic mass is 32.2. The third-order valence-electron chi connectivity index (χ3n) is 5.11. The second-order valence-electron chi connectivity index (χ2n) is 7.58. The van der Waals surface area contributed by atoms with Crippen molar-refractivity contribution in [3.63, 3.8) is 0 Å². The summed E-state index contributed by atoms with van der Waals surface area (Å²) in [5, 5.41) is 10.0. The molecule has 0 aliphatic carbocycles. The van der Waals surface area contributed by atoms with Gasteiger partial charge < -0.3 is 9.84 Å². The zero-order valence-electron chi connectivity index (χ0n) is 18.4. The number of aliphatic imine (C=N–C) groups is 1. The Balaban J connectivity index is 1.77. The normalized spacial score (nSPS) is 16.0. The number of nitrogens with zero attached hydrogens (tertiary/aromatic N) is 2. The molecule has 1 fully saturated rings. The number of benzene rings is 3. The number of aromatic carboxylic acids is 1. The second-order valence-corrected chi connectivity index (χ2v) is 8.59. The van der Waals surface area contributed by atoms with Gasteiger partial charge in [-0.25, -0.2) is 9.79 Å². The molecule has 1 heterocycles. The van der Waals surface area contributed by atoms with Gasteiger partial charge in [-0.15, -0.1) is 0 Å². The Bertz CT molecular complexity index is 1280. The van der Waals surface area contributed by atoms with Crippen LogP contribution in [0.25, 0.3) is 6.08 Å². The fraction of sp³-hybridized carbons (Fsp3) is 0.115. The number of carbonyl (C=O) groups is 2. The predicted molar refractivity (Wildman–Crippen MR) is 132 cm³/mol. The van der Waals surface area contributed by atoms with Crippen molar-refractivity contribution in [3.8, 4) is 5.75 Å². The van der Waals surface area contributed by atoms with Gasteiger partial charge in [0, 0.05) is 0 Å². The van der Waals surface area contributed by atoms with Crippen LogP contribution in [0.4, 0.5) is 11.4 Å². The summed E-state index contributed by atoms with van der Waals surface area (Å²) in [5.41, 5.74) is 4.29. The van der Waals surface area contributed by atoms with Crippen LogP contribution in [0.3, 0.4) is 0 Å². The lowest BCUT2D eigenvalue weighted by Crippen LogP contribution is -2.28. The third kappa shape index (κ3) is 4.83. The molecule has 0 aromatic heterocycles. The first-order valence-corrected chi connectivity index (χ1v) is 11.0. The van der Waals surface area contributed by atoms with E-state index in [1.807, 2.05) is 62.4 Å². The van der Waals surface area contributed by atoms with E-state index in [4.69, 9.17) is 9.73 Å². The zero-order chi connectivity index (χ0) is 23.5. The number of methoxy groups -OCH3 is 1. The van der Waals surface area contributed by atoms with Gasteiger partial charge in [0.05, 0.1) is 23.4 Å². The van der Waals surface area contributed by atoms with Gasteiger partial charge in [0.2, 0.25) is 0 Å². The summed E-state index contributed by atoms with van der Waals surface area (Å²) in [6, 6.07) is 20.2. The summed E-state index contributed by atoms with van der Waals surface area (Å²) in [6.07, 6.45) is 1.68. The van der Waals surface area contributed by atoms with Gasteiger partial charge >= 0.3 is 5.97 Å². The molecule has 1 aliphatic rings. The maximum atomic E-state index is 13.4. The van der Waals surface area contributed by atoms with Gasteiger partial charge in [0.15, 0.2) is 5.17 Å². The molecule has 33 heavy (non-hydrogen) atoms. The lowest BCUT2D eigenvalue weighted by Gasteiger charge is -2.16. The van der Waals surface area contributed by atoms with Crippen molar-refractivity contribution in [2.75, 3.05) is 12.0 Å². The lowest BCUT2D eigenvalue weighted by molar-refractivity contribution is -0.113. The summed E-state index contributed by atoms with van der Waals surface area (Å²) in [6.45, 7) is 3.99. The minimum Gasteiger partial charge on any atom is -0.496 e. The van der Waals surface area contributed by atoms with Crippen LogP contribution in [0.1, 0.15) is 27.0 Å². The first kappa shape index (κ1) is 22.4. The van der Waals surface area contributed by atoms with Crippen LogP contribution in [0.15, 0.2) is 76.6 Å². The van der Waals surface area contributed by atoms with Crippen molar-refractivity contribution in [2.24, 2.45) is 4.99 Å². The van der Waals surface area contributed by atoms with E-state index >= 15 is 0 Å². The molecular formula is C26H22N2O4S. The quantitative estimate of drug-likeness (QED) is 0.488. The summed E-state index contributed by atoms with van der Waals surface area (Å²) in [4.78, 5) is 31.7. The van der Waals surface area contributed by atoms with Gasteiger partial charge in [0.1, 0.15) is 11.3 Å². The molecule has 1 aliphatic heterocycles. The van der Waals surface area contributed by atoms with Gasteiger partial charge in [-0.1, -0.05) is 41.5 Å².